The predicted molar refractivity (Wildman–Crippen MR) is 119 cm³/mol. The fourth-order valence-corrected chi connectivity index (χ4v) is 2.97. The normalized spacial score (nSPS) is 10.9. The summed E-state index contributed by atoms with van der Waals surface area (Å²) in [5.41, 5.74) is 1.36. The second-order valence-corrected chi connectivity index (χ2v) is 7.26. The molecule has 0 aliphatic rings. The molecular formula is C23H39NO7. The molecule has 0 spiro atoms. The van der Waals surface area contributed by atoms with Crippen molar-refractivity contribution in [2.75, 3.05) is 52.9 Å². The van der Waals surface area contributed by atoms with Gasteiger partial charge in [0.1, 0.15) is 19.0 Å². The molecule has 1 rings (SSSR count). The zero-order chi connectivity index (χ0) is 22.4. The summed E-state index contributed by atoms with van der Waals surface area (Å²) in [4.78, 5) is 14.1. The largest absolute Gasteiger partial charge is 0.491 e. The molecular weight excluding hydrogens is 402 g/mol. The number of benzene rings is 1. The summed E-state index contributed by atoms with van der Waals surface area (Å²) in [6, 6.07) is 8.34. The minimum absolute atomic E-state index is 0.0714. The summed E-state index contributed by atoms with van der Waals surface area (Å²) in [5.74, 6) is 0.862. The highest BCUT2D eigenvalue weighted by atomic mass is 17.0. The molecule has 8 nitrogen and oxygen atoms in total. The van der Waals surface area contributed by atoms with Crippen molar-refractivity contribution in [2.45, 2.75) is 58.3 Å². The van der Waals surface area contributed by atoms with E-state index in [1.165, 1.54) is 50.5 Å². The van der Waals surface area contributed by atoms with E-state index in [9.17, 15) is 10.1 Å². The van der Waals surface area contributed by atoms with Crippen molar-refractivity contribution in [3.63, 3.8) is 0 Å². The third-order valence-corrected chi connectivity index (χ3v) is 4.66. The molecule has 0 N–H and O–H groups in total. The standard InChI is InChI=1S/C23H39NO7/c1-2-3-4-5-6-7-8-9-22-10-12-23(13-11-22)30-20-18-28-16-14-27-15-17-29-19-21-31-24(25)26/h10-13H,2-9,14-21H2,1H3. The number of hydrogen-bond donors (Lipinski definition) is 0. The molecule has 0 amide bonds. The van der Waals surface area contributed by atoms with Gasteiger partial charge in [0, 0.05) is 0 Å². The van der Waals surface area contributed by atoms with Crippen molar-refractivity contribution in [3.8, 4) is 5.75 Å². The van der Waals surface area contributed by atoms with Gasteiger partial charge in [0.25, 0.3) is 5.09 Å². The third kappa shape index (κ3) is 17.5. The van der Waals surface area contributed by atoms with Gasteiger partial charge in [-0.3, -0.25) is 0 Å². The van der Waals surface area contributed by atoms with Gasteiger partial charge in [-0.15, -0.1) is 10.1 Å². The molecule has 0 bridgehead atoms. The zero-order valence-electron chi connectivity index (χ0n) is 18.9. The van der Waals surface area contributed by atoms with Gasteiger partial charge in [-0.25, -0.2) is 0 Å². The Morgan fingerprint density at radius 3 is 1.81 bits per heavy atom. The van der Waals surface area contributed by atoms with Gasteiger partial charge in [-0.2, -0.15) is 0 Å². The smallest absolute Gasteiger partial charge is 0.294 e. The van der Waals surface area contributed by atoms with E-state index in [0.29, 0.717) is 39.6 Å². The van der Waals surface area contributed by atoms with Crippen molar-refractivity contribution < 1.29 is 28.9 Å². The Labute approximate surface area is 186 Å². The van der Waals surface area contributed by atoms with Crippen LogP contribution in [0.3, 0.4) is 0 Å². The van der Waals surface area contributed by atoms with Gasteiger partial charge >= 0.3 is 0 Å². The van der Waals surface area contributed by atoms with Crippen LogP contribution in [0.15, 0.2) is 24.3 Å². The van der Waals surface area contributed by atoms with Crippen LogP contribution in [0.25, 0.3) is 0 Å². The summed E-state index contributed by atoms with van der Waals surface area (Å²) >= 11 is 0. The molecule has 0 heterocycles. The molecule has 0 fully saturated rings. The lowest BCUT2D eigenvalue weighted by Crippen LogP contribution is -2.14. The maximum atomic E-state index is 9.93. The molecule has 0 saturated carbocycles. The fourth-order valence-electron chi connectivity index (χ4n) is 2.97. The Morgan fingerprint density at radius 2 is 1.23 bits per heavy atom. The van der Waals surface area contributed by atoms with E-state index >= 15 is 0 Å². The summed E-state index contributed by atoms with van der Waals surface area (Å²) < 4.78 is 21.6. The molecule has 0 unspecified atom stereocenters. The van der Waals surface area contributed by atoms with Crippen LogP contribution in [-0.2, 0) is 25.5 Å². The van der Waals surface area contributed by atoms with E-state index in [1.54, 1.807) is 0 Å². The van der Waals surface area contributed by atoms with Gasteiger partial charge < -0.3 is 23.8 Å². The molecule has 0 atom stereocenters. The molecule has 0 radical (unpaired) electrons. The number of nitrogens with zero attached hydrogens (tertiary/aromatic N) is 1. The van der Waals surface area contributed by atoms with Gasteiger partial charge in [0.05, 0.1) is 39.6 Å². The van der Waals surface area contributed by atoms with Crippen molar-refractivity contribution in [1.29, 1.82) is 0 Å². The van der Waals surface area contributed by atoms with Gasteiger partial charge in [-0.05, 0) is 30.5 Å². The first-order chi connectivity index (χ1) is 15.2. The molecule has 0 saturated heterocycles. The van der Waals surface area contributed by atoms with E-state index < -0.39 is 5.09 Å². The van der Waals surface area contributed by atoms with Gasteiger partial charge in [0.15, 0.2) is 0 Å². The molecule has 0 aliphatic carbocycles. The van der Waals surface area contributed by atoms with Crippen LogP contribution < -0.4 is 4.74 Å². The Hall–Kier alpha value is -1.90. The summed E-state index contributed by atoms with van der Waals surface area (Å²) in [5, 5.41) is 9.09. The number of unbranched alkanes of at least 4 members (excludes halogenated alkanes) is 6. The molecule has 0 aromatic heterocycles. The lowest BCUT2D eigenvalue weighted by molar-refractivity contribution is -0.758. The number of ether oxygens (including phenoxy) is 4. The van der Waals surface area contributed by atoms with Crippen LogP contribution in [0.5, 0.6) is 5.75 Å². The summed E-state index contributed by atoms with van der Waals surface area (Å²) in [6.07, 6.45) is 10.5. The highest BCUT2D eigenvalue weighted by molar-refractivity contribution is 5.27. The highest BCUT2D eigenvalue weighted by Gasteiger charge is 1.98. The Morgan fingerprint density at radius 1 is 0.710 bits per heavy atom. The Balaban J connectivity index is 1.89. The third-order valence-electron chi connectivity index (χ3n) is 4.66. The molecule has 31 heavy (non-hydrogen) atoms. The van der Waals surface area contributed by atoms with Crippen LogP contribution in [0.1, 0.15) is 57.4 Å². The molecule has 1 aromatic carbocycles. The summed E-state index contributed by atoms with van der Waals surface area (Å²) in [6.45, 7) is 5.04. The fraction of sp³-hybridized carbons (Fsp3) is 0.739. The molecule has 0 aliphatic heterocycles. The summed E-state index contributed by atoms with van der Waals surface area (Å²) in [7, 11) is 0. The second kappa shape index (κ2) is 20.0. The molecule has 8 heteroatoms. The van der Waals surface area contributed by atoms with Crippen LogP contribution in [0.4, 0.5) is 0 Å². The first kappa shape index (κ1) is 27.1. The monoisotopic (exact) mass is 441 g/mol. The number of aryl methyl sites for hydroxylation is 1. The maximum Gasteiger partial charge on any atom is 0.294 e. The van der Waals surface area contributed by atoms with Crippen molar-refractivity contribution in [2.24, 2.45) is 0 Å². The van der Waals surface area contributed by atoms with Crippen molar-refractivity contribution in [1.82, 2.24) is 0 Å². The first-order valence-corrected chi connectivity index (χ1v) is 11.4. The quantitative estimate of drug-likeness (QED) is 0.147. The zero-order valence-corrected chi connectivity index (χ0v) is 18.9. The average Bonchev–Trinajstić information content (AvgIpc) is 2.77. The predicted octanol–water partition coefficient (Wildman–Crippen LogP) is 4.62. The van der Waals surface area contributed by atoms with E-state index in [-0.39, 0.29) is 13.2 Å². The highest BCUT2D eigenvalue weighted by Crippen LogP contribution is 2.15. The number of rotatable bonds is 22. The SMILES string of the molecule is CCCCCCCCCc1ccc(OCCOCCOCCOCCO[N+](=O)[O-])cc1. The van der Waals surface area contributed by atoms with Crippen LogP contribution in [-0.4, -0.2) is 57.9 Å². The van der Waals surface area contributed by atoms with Gasteiger partial charge in [-0.1, -0.05) is 57.6 Å². The van der Waals surface area contributed by atoms with E-state index in [4.69, 9.17) is 18.9 Å². The molecule has 1 aromatic rings. The maximum absolute atomic E-state index is 9.93. The lowest BCUT2D eigenvalue weighted by atomic mass is 10.0. The first-order valence-electron chi connectivity index (χ1n) is 11.4. The van der Waals surface area contributed by atoms with Gasteiger partial charge in [0.2, 0.25) is 0 Å². The van der Waals surface area contributed by atoms with E-state index in [0.717, 1.165) is 12.2 Å². The van der Waals surface area contributed by atoms with Crippen LogP contribution >= 0.6 is 0 Å². The van der Waals surface area contributed by atoms with E-state index in [2.05, 4.69) is 23.9 Å². The average molecular weight is 442 g/mol. The van der Waals surface area contributed by atoms with Crippen molar-refractivity contribution >= 4 is 0 Å². The van der Waals surface area contributed by atoms with Crippen LogP contribution in [0, 0.1) is 10.1 Å². The molecule has 178 valence electrons. The Bertz CT molecular complexity index is 539. The van der Waals surface area contributed by atoms with Crippen LogP contribution in [0.2, 0.25) is 0 Å². The van der Waals surface area contributed by atoms with Crippen molar-refractivity contribution in [3.05, 3.63) is 39.9 Å². The Kier molecular flexibility index (Phi) is 17.5. The number of hydrogen-bond acceptors (Lipinski definition) is 7. The lowest BCUT2D eigenvalue weighted by Gasteiger charge is -2.09. The minimum Gasteiger partial charge on any atom is -0.491 e. The topological polar surface area (TPSA) is 89.3 Å². The second-order valence-electron chi connectivity index (χ2n) is 7.26. The minimum atomic E-state index is -0.839. The van der Waals surface area contributed by atoms with E-state index in [1.807, 2.05) is 12.1 Å².